The number of pyridine rings is 1. The average Bonchev–Trinajstić information content (AvgIpc) is 2.84. The maximum absolute atomic E-state index is 14.9. The number of likely N-dealkylation sites (N-methyl/N-ethyl adjacent to an activating group) is 1. The lowest BCUT2D eigenvalue weighted by atomic mass is 10.3. The normalized spacial score (nSPS) is 12.1. The van der Waals surface area contributed by atoms with Crippen LogP contribution in [0.4, 0.5) is 15.9 Å². The molecule has 0 aliphatic rings. The van der Waals surface area contributed by atoms with Crippen molar-refractivity contribution in [3.63, 3.8) is 0 Å². The van der Waals surface area contributed by atoms with Gasteiger partial charge in [0.25, 0.3) is 0 Å². The Hall–Kier alpha value is -2.00. The van der Waals surface area contributed by atoms with Crippen molar-refractivity contribution in [2.45, 2.75) is 33.2 Å². The van der Waals surface area contributed by atoms with E-state index in [1.165, 1.54) is 12.1 Å². The zero-order valence-corrected chi connectivity index (χ0v) is 23.5. The van der Waals surface area contributed by atoms with Gasteiger partial charge in [0.1, 0.15) is 12.4 Å². The van der Waals surface area contributed by atoms with Gasteiger partial charge in [0, 0.05) is 51.2 Å². The number of hydrogen-bond donors (Lipinski definition) is 5. The van der Waals surface area contributed by atoms with Gasteiger partial charge in [-0.2, -0.15) is 0 Å². The molecule has 0 saturated carbocycles. The maximum Gasteiger partial charge on any atom is 0.243 e. The molecule has 0 spiro atoms. The Morgan fingerprint density at radius 3 is 2.00 bits per heavy atom. The predicted octanol–water partition coefficient (Wildman–Crippen LogP) is 4.26. The molecule has 2 aromatic rings. The molecule has 0 aliphatic carbocycles. The summed E-state index contributed by atoms with van der Waals surface area (Å²) in [5, 5.41) is 15.0. The number of ether oxygens (including phenoxy) is 1. The largest absolute Gasteiger partial charge is 0.489 e. The van der Waals surface area contributed by atoms with Crippen LogP contribution >= 0.6 is 14.9 Å². The van der Waals surface area contributed by atoms with Crippen molar-refractivity contribution in [2.24, 2.45) is 0 Å². The summed E-state index contributed by atoms with van der Waals surface area (Å²) in [5.74, 6) is 0.307. The molecule has 2 rings (SSSR count). The van der Waals surface area contributed by atoms with Gasteiger partial charge >= 0.3 is 0 Å². The van der Waals surface area contributed by atoms with Crippen LogP contribution in [0.15, 0.2) is 42.6 Å². The summed E-state index contributed by atoms with van der Waals surface area (Å²) in [6, 6.07) is 10.0. The summed E-state index contributed by atoms with van der Waals surface area (Å²) >= 11 is 0. The fourth-order valence-electron chi connectivity index (χ4n) is 3.65. The van der Waals surface area contributed by atoms with Gasteiger partial charge < -0.3 is 15.0 Å². The third-order valence-electron chi connectivity index (χ3n) is 5.21. The molecule has 0 amide bonds. The fraction of sp³-hybridized carbons (Fsp3) is 0.522. The van der Waals surface area contributed by atoms with Crippen LogP contribution in [-0.2, 0) is 9.13 Å². The first-order chi connectivity index (χ1) is 17.2. The number of hydrogen-bond acceptors (Lipinski definition) is 6. The molecule has 202 valence electrons. The zero-order valence-electron chi connectivity index (χ0n) is 21.8. The Kier molecular flexibility index (Phi) is 12.3. The Bertz CT molecular complexity index is 982. The Morgan fingerprint density at radius 2 is 1.53 bits per heavy atom. The number of aromatic nitrogens is 1. The molecule has 0 radical (unpaired) electrons. The lowest BCUT2D eigenvalue weighted by Crippen LogP contribution is -2.41. The highest BCUT2D eigenvalue weighted by Crippen LogP contribution is 2.59. The topological polar surface area (TPSA) is 120 Å². The Morgan fingerprint density at radius 1 is 0.944 bits per heavy atom. The van der Waals surface area contributed by atoms with Crippen LogP contribution in [0, 0.1) is 5.82 Å². The van der Waals surface area contributed by atoms with Crippen LogP contribution in [0.2, 0.25) is 0 Å². The molecule has 0 aliphatic heterocycles. The van der Waals surface area contributed by atoms with Crippen molar-refractivity contribution in [1.82, 2.24) is 25.3 Å². The van der Waals surface area contributed by atoms with E-state index in [1.54, 1.807) is 12.3 Å². The van der Waals surface area contributed by atoms with E-state index in [1.807, 2.05) is 57.8 Å². The van der Waals surface area contributed by atoms with E-state index in [-0.39, 0.29) is 12.4 Å². The highest BCUT2D eigenvalue weighted by molar-refractivity contribution is 7.78. The van der Waals surface area contributed by atoms with Gasteiger partial charge in [-0.3, -0.25) is 29.5 Å². The summed E-state index contributed by atoms with van der Waals surface area (Å²) < 4.78 is 48.4. The van der Waals surface area contributed by atoms with E-state index >= 15 is 0 Å². The minimum Gasteiger partial charge on any atom is -0.489 e. The van der Waals surface area contributed by atoms with Gasteiger partial charge in [-0.25, -0.2) is 9.37 Å². The van der Waals surface area contributed by atoms with E-state index in [0.717, 1.165) is 5.82 Å². The second-order valence-electron chi connectivity index (χ2n) is 7.98. The van der Waals surface area contributed by atoms with E-state index in [2.05, 4.69) is 30.6 Å². The monoisotopic (exact) mass is 543 g/mol. The van der Waals surface area contributed by atoms with Crippen LogP contribution < -0.4 is 35.3 Å². The summed E-state index contributed by atoms with van der Waals surface area (Å²) in [6.07, 6.45) is 1.71. The minimum atomic E-state index is -3.43. The zero-order chi connectivity index (χ0) is 26.6. The Labute approximate surface area is 214 Å². The van der Waals surface area contributed by atoms with Gasteiger partial charge in [-0.05, 0) is 24.3 Å². The van der Waals surface area contributed by atoms with Gasteiger partial charge in [0.2, 0.25) is 14.9 Å². The summed E-state index contributed by atoms with van der Waals surface area (Å²) in [4.78, 5) is 6.19. The molecule has 0 atom stereocenters. The number of benzene rings is 1. The number of anilines is 2. The maximum atomic E-state index is 14.9. The van der Waals surface area contributed by atoms with E-state index in [0.29, 0.717) is 38.4 Å². The van der Waals surface area contributed by atoms with Crippen LogP contribution in [0.5, 0.6) is 5.75 Å². The van der Waals surface area contributed by atoms with Crippen molar-refractivity contribution in [2.75, 3.05) is 56.6 Å². The summed E-state index contributed by atoms with van der Waals surface area (Å²) in [7, 11) is -4.97. The van der Waals surface area contributed by atoms with Crippen LogP contribution in [0.3, 0.4) is 0 Å². The molecule has 5 N–H and O–H groups in total. The molecule has 1 aromatic carbocycles. The molecule has 0 fully saturated rings. The van der Waals surface area contributed by atoms with Crippen molar-refractivity contribution < 1.29 is 18.3 Å². The van der Waals surface area contributed by atoms with Crippen molar-refractivity contribution >= 4 is 26.4 Å². The number of nitrogens with one attached hydrogen (secondary N) is 5. The standard InChI is InChI=1S/C23H40FN7O3P2/c1-6-26-35(32,27-7-2)23(36(33,28-8-3)29-9-4)30-19-13-14-21(20(24)18-19)34-17-16-31(5)22-12-10-11-15-25-22/h10-15,18,23,30H,6-9,16-17H2,1-5H3,(H2,26,27,32)(H2,28,29,33). The Balaban J connectivity index is 2.22. The third-order valence-corrected chi connectivity index (χ3v) is 11.9. The van der Waals surface area contributed by atoms with Crippen molar-refractivity contribution in [1.29, 1.82) is 0 Å². The number of halogens is 1. The molecule has 0 unspecified atom stereocenters. The van der Waals surface area contributed by atoms with Crippen LogP contribution in [0.1, 0.15) is 27.7 Å². The smallest absolute Gasteiger partial charge is 0.243 e. The second kappa shape index (κ2) is 14.7. The molecule has 0 saturated heterocycles. The van der Waals surface area contributed by atoms with Crippen molar-refractivity contribution in [3.05, 3.63) is 48.4 Å². The first-order valence-electron chi connectivity index (χ1n) is 12.2. The lowest BCUT2D eigenvalue weighted by molar-refractivity contribution is 0.309. The van der Waals surface area contributed by atoms with Gasteiger partial charge in [0.05, 0.1) is 6.54 Å². The first-order valence-corrected chi connectivity index (χ1v) is 15.8. The van der Waals surface area contributed by atoms with Crippen molar-refractivity contribution in [3.8, 4) is 5.75 Å². The van der Waals surface area contributed by atoms with E-state index < -0.39 is 26.2 Å². The minimum absolute atomic E-state index is 0.0922. The van der Waals surface area contributed by atoms with Gasteiger partial charge in [-0.15, -0.1) is 0 Å². The van der Waals surface area contributed by atoms with Crippen LogP contribution in [-0.4, -0.2) is 56.9 Å². The summed E-state index contributed by atoms with van der Waals surface area (Å²) in [5.41, 5.74) is -0.731. The second-order valence-corrected chi connectivity index (χ2v) is 13.3. The van der Waals surface area contributed by atoms with E-state index in [9.17, 15) is 13.5 Å². The van der Waals surface area contributed by atoms with Gasteiger partial charge in [0.15, 0.2) is 17.1 Å². The molecule has 13 heteroatoms. The highest BCUT2D eigenvalue weighted by atomic mass is 31.2. The quantitative estimate of drug-likeness (QED) is 0.185. The first kappa shape index (κ1) is 30.2. The predicted molar refractivity (Wildman–Crippen MR) is 147 cm³/mol. The molecule has 0 bridgehead atoms. The average molecular weight is 544 g/mol. The molecule has 10 nitrogen and oxygen atoms in total. The molecule has 1 aromatic heterocycles. The molecular weight excluding hydrogens is 503 g/mol. The number of rotatable bonds is 17. The SMILES string of the molecule is CCNP(=O)(NCC)C(Nc1ccc(OCCN(C)c2ccccn2)c(F)c1)P(=O)(NCC)NCC. The molecular formula is C23H40FN7O3P2. The van der Waals surface area contributed by atoms with E-state index in [4.69, 9.17) is 4.74 Å². The highest BCUT2D eigenvalue weighted by Gasteiger charge is 2.45. The number of nitrogens with zero attached hydrogens (tertiary/aromatic N) is 2. The molecule has 36 heavy (non-hydrogen) atoms. The summed E-state index contributed by atoms with van der Waals surface area (Å²) in [6.45, 7) is 9.65. The molecule has 1 heterocycles. The third kappa shape index (κ3) is 8.26. The lowest BCUT2D eigenvalue weighted by Gasteiger charge is -2.36. The fourth-order valence-corrected chi connectivity index (χ4v) is 9.92. The van der Waals surface area contributed by atoms with Crippen LogP contribution in [0.25, 0.3) is 0 Å². The van der Waals surface area contributed by atoms with Gasteiger partial charge in [-0.1, -0.05) is 33.8 Å².